The van der Waals surface area contributed by atoms with E-state index in [1.54, 1.807) is 13.4 Å². The molecule has 0 N–H and O–H groups in total. The van der Waals surface area contributed by atoms with E-state index < -0.39 is 0 Å². The Morgan fingerprint density at radius 2 is 2.00 bits per heavy atom. The van der Waals surface area contributed by atoms with Crippen molar-refractivity contribution in [2.45, 2.75) is 13.5 Å². The highest BCUT2D eigenvalue weighted by molar-refractivity contribution is 5.50. The zero-order chi connectivity index (χ0) is 16.9. The van der Waals surface area contributed by atoms with Gasteiger partial charge >= 0.3 is 0 Å². The summed E-state index contributed by atoms with van der Waals surface area (Å²) in [6, 6.07) is 8.30. The predicted molar refractivity (Wildman–Crippen MR) is 94.9 cm³/mol. The number of aryl methyl sites for hydroxylation is 1. The summed E-state index contributed by atoms with van der Waals surface area (Å²) < 4.78 is 10.7. The Morgan fingerprint density at radius 3 is 2.71 bits per heavy atom. The summed E-state index contributed by atoms with van der Waals surface area (Å²) in [6.45, 7) is 6.09. The van der Waals surface area contributed by atoms with Crippen molar-refractivity contribution < 1.29 is 9.47 Å². The van der Waals surface area contributed by atoms with Gasteiger partial charge in [0.2, 0.25) is 0 Å². The molecule has 2 heterocycles. The summed E-state index contributed by atoms with van der Waals surface area (Å²) in [6.07, 6.45) is 1.63. The fraction of sp³-hybridized carbons (Fsp3) is 0.444. The number of ether oxygens (including phenoxy) is 2. The van der Waals surface area contributed by atoms with Gasteiger partial charge in [0.1, 0.15) is 23.7 Å². The molecule has 1 aromatic carbocycles. The van der Waals surface area contributed by atoms with E-state index >= 15 is 0 Å². The van der Waals surface area contributed by atoms with Crippen LogP contribution in [0.4, 0.5) is 11.6 Å². The van der Waals surface area contributed by atoms with Gasteiger partial charge in [-0.15, -0.1) is 0 Å². The highest BCUT2D eigenvalue weighted by atomic mass is 16.5. The SMILES string of the molecule is COc1ccc(CN(C)c2cc(N3CCOCC3)ncn2)cc1C. The summed E-state index contributed by atoms with van der Waals surface area (Å²) in [4.78, 5) is 13.2. The van der Waals surface area contributed by atoms with Crippen molar-refractivity contribution in [3.05, 3.63) is 41.7 Å². The van der Waals surface area contributed by atoms with Crippen molar-refractivity contribution in [3.8, 4) is 5.75 Å². The fourth-order valence-electron chi connectivity index (χ4n) is 2.91. The summed E-state index contributed by atoms with van der Waals surface area (Å²) >= 11 is 0. The lowest BCUT2D eigenvalue weighted by Crippen LogP contribution is -2.36. The third kappa shape index (κ3) is 3.76. The van der Waals surface area contributed by atoms with E-state index in [0.29, 0.717) is 0 Å². The molecule has 128 valence electrons. The number of hydrogen-bond acceptors (Lipinski definition) is 6. The molecule has 6 nitrogen and oxygen atoms in total. The number of anilines is 2. The molecule has 0 spiro atoms. The van der Waals surface area contributed by atoms with E-state index in [1.165, 1.54) is 5.56 Å². The number of rotatable bonds is 5. The molecule has 1 aromatic heterocycles. The zero-order valence-corrected chi connectivity index (χ0v) is 14.5. The molecule has 3 rings (SSSR count). The maximum absolute atomic E-state index is 5.40. The van der Waals surface area contributed by atoms with E-state index in [0.717, 1.165) is 55.8 Å². The van der Waals surface area contributed by atoms with E-state index in [9.17, 15) is 0 Å². The van der Waals surface area contributed by atoms with Crippen LogP contribution in [0.5, 0.6) is 5.75 Å². The van der Waals surface area contributed by atoms with Gasteiger partial charge in [0, 0.05) is 32.7 Å². The van der Waals surface area contributed by atoms with Crippen molar-refractivity contribution in [2.75, 3.05) is 50.3 Å². The normalized spacial score (nSPS) is 14.5. The van der Waals surface area contributed by atoms with Gasteiger partial charge < -0.3 is 19.3 Å². The summed E-state index contributed by atoms with van der Waals surface area (Å²) in [7, 11) is 3.74. The fourth-order valence-corrected chi connectivity index (χ4v) is 2.91. The minimum absolute atomic E-state index is 0.750. The average molecular weight is 328 g/mol. The Bertz CT molecular complexity index is 686. The Kier molecular flexibility index (Phi) is 5.15. The molecule has 0 amide bonds. The van der Waals surface area contributed by atoms with Gasteiger partial charge in [0.25, 0.3) is 0 Å². The lowest BCUT2D eigenvalue weighted by atomic mass is 10.1. The smallest absolute Gasteiger partial charge is 0.134 e. The first-order valence-electron chi connectivity index (χ1n) is 8.17. The molecular formula is C18H24N4O2. The van der Waals surface area contributed by atoms with Gasteiger partial charge in [-0.1, -0.05) is 12.1 Å². The largest absolute Gasteiger partial charge is 0.496 e. The van der Waals surface area contributed by atoms with E-state index in [2.05, 4.69) is 38.8 Å². The van der Waals surface area contributed by atoms with Crippen molar-refractivity contribution in [1.82, 2.24) is 9.97 Å². The Hall–Kier alpha value is -2.34. The molecule has 0 radical (unpaired) electrons. The van der Waals surface area contributed by atoms with E-state index in [-0.39, 0.29) is 0 Å². The third-order valence-corrected chi connectivity index (χ3v) is 4.24. The first-order chi connectivity index (χ1) is 11.7. The minimum atomic E-state index is 0.750. The Balaban J connectivity index is 1.72. The van der Waals surface area contributed by atoms with Gasteiger partial charge in [-0.05, 0) is 24.1 Å². The molecule has 0 bridgehead atoms. The molecule has 0 unspecified atom stereocenters. The van der Waals surface area contributed by atoms with Gasteiger partial charge in [-0.3, -0.25) is 0 Å². The first-order valence-corrected chi connectivity index (χ1v) is 8.17. The molecule has 1 aliphatic rings. The summed E-state index contributed by atoms with van der Waals surface area (Å²) in [5.41, 5.74) is 2.36. The molecule has 0 aliphatic carbocycles. The molecule has 1 fully saturated rings. The van der Waals surface area contributed by atoms with Crippen LogP contribution in [0.2, 0.25) is 0 Å². The molecule has 6 heteroatoms. The van der Waals surface area contributed by atoms with Gasteiger partial charge in [0.05, 0.1) is 20.3 Å². The summed E-state index contributed by atoms with van der Waals surface area (Å²) in [5, 5.41) is 0. The monoisotopic (exact) mass is 328 g/mol. The first kappa shape index (κ1) is 16.5. The molecule has 1 saturated heterocycles. The van der Waals surface area contributed by atoms with Gasteiger partial charge in [-0.2, -0.15) is 0 Å². The van der Waals surface area contributed by atoms with Crippen LogP contribution in [0, 0.1) is 6.92 Å². The highest BCUT2D eigenvalue weighted by Gasteiger charge is 2.14. The van der Waals surface area contributed by atoms with Crippen molar-refractivity contribution in [1.29, 1.82) is 0 Å². The van der Waals surface area contributed by atoms with Crippen LogP contribution < -0.4 is 14.5 Å². The van der Waals surface area contributed by atoms with Crippen LogP contribution >= 0.6 is 0 Å². The zero-order valence-electron chi connectivity index (χ0n) is 14.5. The Morgan fingerprint density at radius 1 is 1.21 bits per heavy atom. The van der Waals surface area contributed by atoms with Crippen molar-refractivity contribution in [3.63, 3.8) is 0 Å². The number of hydrogen-bond donors (Lipinski definition) is 0. The van der Waals surface area contributed by atoms with Crippen LogP contribution in [-0.2, 0) is 11.3 Å². The number of nitrogens with zero attached hydrogens (tertiary/aromatic N) is 4. The van der Waals surface area contributed by atoms with E-state index in [1.807, 2.05) is 19.2 Å². The molecular weight excluding hydrogens is 304 g/mol. The lowest BCUT2D eigenvalue weighted by Gasteiger charge is -2.28. The van der Waals surface area contributed by atoms with Crippen molar-refractivity contribution in [2.24, 2.45) is 0 Å². The third-order valence-electron chi connectivity index (χ3n) is 4.24. The Labute approximate surface area is 143 Å². The van der Waals surface area contributed by atoms with Crippen molar-refractivity contribution >= 4 is 11.6 Å². The topological polar surface area (TPSA) is 50.7 Å². The standard InChI is InChI=1S/C18H24N4O2/c1-14-10-15(4-5-16(14)23-3)12-21(2)17-11-18(20-13-19-17)22-6-8-24-9-7-22/h4-5,10-11,13H,6-9,12H2,1-3H3. The van der Waals surface area contributed by atoms with Gasteiger partial charge in [-0.25, -0.2) is 9.97 Å². The van der Waals surface area contributed by atoms with E-state index in [4.69, 9.17) is 9.47 Å². The maximum Gasteiger partial charge on any atom is 0.134 e. The number of benzene rings is 1. The predicted octanol–water partition coefficient (Wildman–Crippen LogP) is 2.27. The van der Waals surface area contributed by atoms with Crippen LogP contribution in [-0.4, -0.2) is 50.4 Å². The van der Waals surface area contributed by atoms with Crippen LogP contribution in [0.25, 0.3) is 0 Å². The van der Waals surface area contributed by atoms with Crippen LogP contribution in [0.15, 0.2) is 30.6 Å². The average Bonchev–Trinajstić information content (AvgIpc) is 2.63. The highest BCUT2D eigenvalue weighted by Crippen LogP contribution is 2.22. The number of morpholine rings is 1. The van der Waals surface area contributed by atoms with Crippen LogP contribution in [0.1, 0.15) is 11.1 Å². The second-order valence-electron chi connectivity index (χ2n) is 5.99. The molecule has 0 atom stereocenters. The van der Waals surface area contributed by atoms with Gasteiger partial charge in [0.15, 0.2) is 0 Å². The summed E-state index contributed by atoms with van der Waals surface area (Å²) in [5.74, 6) is 2.79. The molecule has 24 heavy (non-hydrogen) atoms. The van der Waals surface area contributed by atoms with Crippen LogP contribution in [0.3, 0.4) is 0 Å². The molecule has 1 aliphatic heterocycles. The minimum Gasteiger partial charge on any atom is -0.496 e. The second-order valence-corrected chi connectivity index (χ2v) is 5.99. The lowest BCUT2D eigenvalue weighted by molar-refractivity contribution is 0.122. The quantitative estimate of drug-likeness (QED) is 0.839. The molecule has 0 saturated carbocycles. The number of methoxy groups -OCH3 is 1. The maximum atomic E-state index is 5.40. The molecule has 2 aromatic rings. The second kappa shape index (κ2) is 7.49. The number of aromatic nitrogens is 2.